The van der Waals surface area contributed by atoms with Gasteiger partial charge in [0.15, 0.2) is 0 Å². The van der Waals surface area contributed by atoms with Gasteiger partial charge < -0.3 is 10.4 Å². The molecular weight excluding hydrogens is 334 g/mol. The molecule has 7 heteroatoms. The highest BCUT2D eigenvalue weighted by Gasteiger charge is 2.12. The van der Waals surface area contributed by atoms with E-state index in [0.717, 1.165) is 0 Å². The normalized spacial score (nSPS) is 11.6. The maximum Gasteiger partial charge on any atom is 0.335 e. The number of benzene rings is 1. The fourth-order valence-electron chi connectivity index (χ4n) is 1.21. The molecule has 0 heterocycles. The predicted molar refractivity (Wildman–Crippen MR) is 79.8 cm³/mol. The number of carbonyl (C=O) groups is 1. The highest BCUT2D eigenvalue weighted by Crippen LogP contribution is 2.30. The van der Waals surface area contributed by atoms with Crippen molar-refractivity contribution in [3.8, 4) is 5.75 Å². The molecule has 1 aromatic rings. The fourth-order valence-corrected chi connectivity index (χ4v) is 2.05. The second-order valence-corrected chi connectivity index (χ2v) is 6.19. The second kappa shape index (κ2) is 6.25. The van der Waals surface area contributed by atoms with Crippen molar-refractivity contribution in [1.29, 1.82) is 0 Å². The van der Waals surface area contributed by atoms with Gasteiger partial charge in [0.25, 0.3) is 0 Å². The monoisotopic (exact) mass is 347 g/mol. The largest absolute Gasteiger partial charge is 0.506 e. The van der Waals surface area contributed by atoms with Crippen LogP contribution in [0.5, 0.6) is 5.75 Å². The van der Waals surface area contributed by atoms with Crippen molar-refractivity contribution in [1.82, 2.24) is 10.7 Å². The number of hydrogen-bond acceptors (Lipinski definition) is 3. The van der Waals surface area contributed by atoms with Gasteiger partial charge in [-0.2, -0.15) is 5.10 Å². The molecule has 0 aliphatic heterocycles. The second-order valence-electron chi connectivity index (χ2n) is 4.90. The summed E-state index contributed by atoms with van der Waals surface area (Å²) >= 11 is 9.01. The minimum Gasteiger partial charge on any atom is -0.506 e. The number of hydrazone groups is 1. The molecule has 0 radical (unpaired) electrons. The molecule has 3 N–H and O–H groups in total. The SMILES string of the molecule is CC(C)(C)NC(=O)NN=Cc1cc(Cl)cc(Br)c1O. The molecule has 5 nitrogen and oxygen atoms in total. The molecule has 0 aliphatic carbocycles. The summed E-state index contributed by atoms with van der Waals surface area (Å²) in [5.41, 5.74) is 2.36. The van der Waals surface area contributed by atoms with Gasteiger partial charge in [-0.3, -0.25) is 0 Å². The molecular formula is C12H15BrClN3O2. The first-order chi connectivity index (χ1) is 8.69. The zero-order chi connectivity index (χ0) is 14.6. The van der Waals surface area contributed by atoms with E-state index in [9.17, 15) is 9.90 Å². The lowest BCUT2D eigenvalue weighted by Gasteiger charge is -2.19. The topological polar surface area (TPSA) is 73.7 Å². The van der Waals surface area contributed by atoms with E-state index in [1.165, 1.54) is 12.3 Å². The van der Waals surface area contributed by atoms with Gasteiger partial charge in [-0.25, -0.2) is 10.2 Å². The first-order valence-corrected chi connectivity index (χ1v) is 6.65. The Bertz CT molecular complexity index is 512. The first kappa shape index (κ1) is 15.8. The zero-order valence-corrected chi connectivity index (χ0v) is 13.1. The van der Waals surface area contributed by atoms with E-state index in [0.29, 0.717) is 15.1 Å². The predicted octanol–water partition coefficient (Wildman–Crippen LogP) is 3.24. The van der Waals surface area contributed by atoms with Crippen LogP contribution in [0, 0.1) is 0 Å². The maximum absolute atomic E-state index is 11.4. The minimum atomic E-state index is -0.427. The van der Waals surface area contributed by atoms with E-state index in [2.05, 4.69) is 31.8 Å². The summed E-state index contributed by atoms with van der Waals surface area (Å²) in [6, 6.07) is 2.67. The van der Waals surface area contributed by atoms with Crippen LogP contribution in [0.1, 0.15) is 26.3 Å². The Balaban J connectivity index is 2.71. The third-order valence-corrected chi connectivity index (χ3v) is 2.74. The van der Waals surface area contributed by atoms with Crippen LogP contribution in [0.3, 0.4) is 0 Å². The van der Waals surface area contributed by atoms with Crippen molar-refractivity contribution >= 4 is 39.8 Å². The summed E-state index contributed by atoms with van der Waals surface area (Å²) in [7, 11) is 0. The van der Waals surface area contributed by atoms with Gasteiger partial charge in [0.1, 0.15) is 5.75 Å². The number of phenolic OH excluding ortho intramolecular Hbond substituents is 1. The Hall–Kier alpha value is -1.27. The van der Waals surface area contributed by atoms with E-state index in [-0.39, 0.29) is 11.3 Å². The van der Waals surface area contributed by atoms with Crippen molar-refractivity contribution in [2.75, 3.05) is 0 Å². The van der Waals surface area contributed by atoms with Crippen LogP contribution < -0.4 is 10.7 Å². The summed E-state index contributed by atoms with van der Waals surface area (Å²) in [6.45, 7) is 5.57. The highest BCUT2D eigenvalue weighted by molar-refractivity contribution is 9.10. The van der Waals surface area contributed by atoms with Crippen LogP contribution >= 0.6 is 27.5 Å². The molecule has 0 bridgehead atoms. The summed E-state index contributed by atoms with van der Waals surface area (Å²) in [5, 5.41) is 16.6. The highest BCUT2D eigenvalue weighted by atomic mass is 79.9. The lowest BCUT2D eigenvalue weighted by atomic mass is 10.1. The van der Waals surface area contributed by atoms with E-state index >= 15 is 0 Å². The number of aromatic hydroxyl groups is 1. The van der Waals surface area contributed by atoms with Crippen LogP contribution in [0.2, 0.25) is 5.02 Å². The van der Waals surface area contributed by atoms with E-state index in [4.69, 9.17) is 11.6 Å². The third-order valence-electron chi connectivity index (χ3n) is 1.92. The molecule has 0 aliphatic rings. The number of nitrogens with zero attached hydrogens (tertiary/aromatic N) is 1. The number of rotatable bonds is 2. The van der Waals surface area contributed by atoms with Crippen LogP contribution in [0.25, 0.3) is 0 Å². The van der Waals surface area contributed by atoms with Crippen molar-refractivity contribution in [2.24, 2.45) is 5.10 Å². The summed E-state index contributed by atoms with van der Waals surface area (Å²) in [5.74, 6) is 0.00572. The van der Waals surface area contributed by atoms with Gasteiger partial charge in [-0.05, 0) is 48.8 Å². The summed E-state index contributed by atoms with van der Waals surface area (Å²) in [4.78, 5) is 11.4. The maximum atomic E-state index is 11.4. The van der Waals surface area contributed by atoms with Crippen LogP contribution in [-0.2, 0) is 0 Å². The van der Waals surface area contributed by atoms with Crippen molar-refractivity contribution in [2.45, 2.75) is 26.3 Å². The van der Waals surface area contributed by atoms with Gasteiger partial charge in [-0.1, -0.05) is 11.6 Å². The number of hydrogen-bond donors (Lipinski definition) is 3. The van der Waals surface area contributed by atoms with Crippen molar-refractivity contribution in [3.63, 3.8) is 0 Å². The lowest BCUT2D eigenvalue weighted by Crippen LogP contribution is -2.44. The number of carbonyl (C=O) groups excluding carboxylic acids is 1. The van der Waals surface area contributed by atoms with Crippen molar-refractivity contribution < 1.29 is 9.90 Å². The Kier molecular flexibility index (Phi) is 5.20. The van der Waals surface area contributed by atoms with Gasteiger partial charge >= 0.3 is 6.03 Å². The molecule has 0 aromatic heterocycles. The number of nitrogens with one attached hydrogen (secondary N) is 2. The lowest BCUT2D eigenvalue weighted by molar-refractivity contribution is 0.232. The Labute approximate surface area is 125 Å². The molecule has 0 fully saturated rings. The van der Waals surface area contributed by atoms with E-state index < -0.39 is 6.03 Å². The van der Waals surface area contributed by atoms with Crippen LogP contribution in [-0.4, -0.2) is 22.9 Å². The molecule has 1 aromatic carbocycles. The zero-order valence-electron chi connectivity index (χ0n) is 10.8. The van der Waals surface area contributed by atoms with Gasteiger partial charge in [-0.15, -0.1) is 0 Å². The first-order valence-electron chi connectivity index (χ1n) is 5.48. The Morgan fingerprint density at radius 2 is 2.11 bits per heavy atom. The molecule has 19 heavy (non-hydrogen) atoms. The van der Waals surface area contributed by atoms with Gasteiger partial charge in [0.2, 0.25) is 0 Å². The number of urea groups is 1. The average Bonchev–Trinajstić information content (AvgIpc) is 2.22. The number of halogens is 2. The molecule has 0 spiro atoms. The van der Waals surface area contributed by atoms with E-state index in [1.807, 2.05) is 20.8 Å². The van der Waals surface area contributed by atoms with Crippen LogP contribution in [0.15, 0.2) is 21.7 Å². The molecule has 2 amide bonds. The summed E-state index contributed by atoms with van der Waals surface area (Å²) in [6.07, 6.45) is 1.31. The van der Waals surface area contributed by atoms with E-state index in [1.54, 1.807) is 6.07 Å². The molecule has 0 saturated heterocycles. The molecule has 0 unspecified atom stereocenters. The number of amides is 2. The Morgan fingerprint density at radius 3 is 2.68 bits per heavy atom. The smallest absolute Gasteiger partial charge is 0.335 e. The molecule has 104 valence electrons. The molecule has 1 rings (SSSR count). The molecule has 0 atom stereocenters. The number of phenols is 1. The van der Waals surface area contributed by atoms with Crippen LogP contribution in [0.4, 0.5) is 4.79 Å². The quantitative estimate of drug-likeness (QED) is 0.567. The van der Waals surface area contributed by atoms with Gasteiger partial charge in [0, 0.05) is 16.1 Å². The summed E-state index contributed by atoms with van der Waals surface area (Å²) < 4.78 is 0.459. The van der Waals surface area contributed by atoms with Gasteiger partial charge in [0.05, 0.1) is 10.7 Å². The van der Waals surface area contributed by atoms with Crippen molar-refractivity contribution in [3.05, 3.63) is 27.2 Å². The fraction of sp³-hybridized carbons (Fsp3) is 0.333. The Morgan fingerprint density at radius 1 is 1.47 bits per heavy atom. The molecule has 0 saturated carbocycles. The average molecular weight is 349 g/mol. The third kappa shape index (κ3) is 5.48. The standard InChI is InChI=1S/C12H15BrClN3O2/c1-12(2,3)16-11(19)17-15-6-7-4-8(14)5-9(13)10(7)18/h4-6,18H,1-3H3,(H2,16,17,19). The minimum absolute atomic E-state index is 0.00572.